The predicted molar refractivity (Wildman–Crippen MR) is 55.4 cm³/mol. The van der Waals surface area contributed by atoms with Crippen molar-refractivity contribution in [2.24, 2.45) is 0 Å². The molecular formula is C11H14S. The zero-order valence-corrected chi connectivity index (χ0v) is 8.02. The molecule has 1 aliphatic rings. The van der Waals surface area contributed by atoms with Gasteiger partial charge in [-0.1, -0.05) is 36.8 Å². The van der Waals surface area contributed by atoms with Crippen molar-refractivity contribution in [3.05, 3.63) is 35.9 Å². The molecule has 0 aromatic heterocycles. The van der Waals surface area contributed by atoms with Crippen molar-refractivity contribution in [1.82, 2.24) is 0 Å². The van der Waals surface area contributed by atoms with Crippen LogP contribution in [0.3, 0.4) is 0 Å². The molecule has 0 radical (unpaired) electrons. The minimum atomic E-state index is 0.963. The summed E-state index contributed by atoms with van der Waals surface area (Å²) < 4.78 is 0. The van der Waals surface area contributed by atoms with Crippen molar-refractivity contribution in [3.63, 3.8) is 0 Å². The SMILES string of the molecule is c1ccc(CSC2CCC2)cc1. The maximum absolute atomic E-state index is 2.21. The molecule has 0 nitrogen and oxygen atoms in total. The normalized spacial score (nSPS) is 17.3. The average molecular weight is 178 g/mol. The van der Waals surface area contributed by atoms with Crippen LogP contribution >= 0.6 is 11.8 Å². The first kappa shape index (κ1) is 8.18. The van der Waals surface area contributed by atoms with Gasteiger partial charge in [0.25, 0.3) is 0 Å². The standard InChI is InChI=1S/C11H14S/c1-2-5-10(6-3-1)9-12-11-7-4-8-11/h1-3,5-6,11H,4,7-9H2. The van der Waals surface area contributed by atoms with Crippen LogP contribution in [0.1, 0.15) is 24.8 Å². The fraction of sp³-hybridized carbons (Fsp3) is 0.455. The molecule has 2 rings (SSSR count). The Hall–Kier alpha value is -0.430. The Morgan fingerprint density at radius 3 is 2.50 bits per heavy atom. The molecule has 64 valence electrons. The van der Waals surface area contributed by atoms with E-state index in [4.69, 9.17) is 0 Å². The molecule has 1 fully saturated rings. The summed E-state index contributed by atoms with van der Waals surface area (Å²) in [4.78, 5) is 0. The van der Waals surface area contributed by atoms with E-state index in [9.17, 15) is 0 Å². The van der Waals surface area contributed by atoms with Crippen molar-refractivity contribution in [2.45, 2.75) is 30.3 Å². The molecule has 0 heterocycles. The fourth-order valence-electron chi connectivity index (χ4n) is 1.33. The van der Waals surface area contributed by atoms with Crippen LogP contribution in [0, 0.1) is 0 Å². The van der Waals surface area contributed by atoms with Gasteiger partial charge < -0.3 is 0 Å². The van der Waals surface area contributed by atoms with Gasteiger partial charge in [0.15, 0.2) is 0 Å². The van der Waals surface area contributed by atoms with Gasteiger partial charge in [0, 0.05) is 11.0 Å². The molecule has 1 saturated carbocycles. The molecule has 0 bridgehead atoms. The van der Waals surface area contributed by atoms with Gasteiger partial charge in [0.05, 0.1) is 0 Å². The van der Waals surface area contributed by atoms with Gasteiger partial charge in [-0.25, -0.2) is 0 Å². The van der Waals surface area contributed by atoms with E-state index >= 15 is 0 Å². The van der Waals surface area contributed by atoms with E-state index in [-0.39, 0.29) is 0 Å². The van der Waals surface area contributed by atoms with E-state index in [0.717, 1.165) is 5.25 Å². The Morgan fingerprint density at radius 2 is 1.92 bits per heavy atom. The lowest BCUT2D eigenvalue weighted by molar-refractivity contribution is 0.522. The zero-order chi connectivity index (χ0) is 8.23. The van der Waals surface area contributed by atoms with E-state index in [2.05, 4.69) is 42.1 Å². The van der Waals surface area contributed by atoms with Gasteiger partial charge in [0.2, 0.25) is 0 Å². The van der Waals surface area contributed by atoms with Crippen LogP contribution in [-0.4, -0.2) is 5.25 Å². The molecule has 12 heavy (non-hydrogen) atoms. The lowest BCUT2D eigenvalue weighted by Gasteiger charge is -2.24. The molecule has 0 N–H and O–H groups in total. The summed E-state index contributed by atoms with van der Waals surface area (Å²) >= 11 is 2.12. The summed E-state index contributed by atoms with van der Waals surface area (Å²) in [5, 5.41) is 0.963. The topological polar surface area (TPSA) is 0 Å². The largest absolute Gasteiger partial charge is 0.154 e. The summed E-state index contributed by atoms with van der Waals surface area (Å²) in [6, 6.07) is 10.8. The quantitative estimate of drug-likeness (QED) is 0.683. The van der Waals surface area contributed by atoms with Gasteiger partial charge >= 0.3 is 0 Å². The summed E-state index contributed by atoms with van der Waals surface area (Å²) in [5.41, 5.74) is 1.47. The number of benzene rings is 1. The Bertz CT molecular complexity index is 226. The monoisotopic (exact) mass is 178 g/mol. The third-order valence-corrected chi connectivity index (χ3v) is 3.82. The third kappa shape index (κ3) is 2.04. The van der Waals surface area contributed by atoms with E-state index < -0.39 is 0 Å². The van der Waals surface area contributed by atoms with Crippen LogP contribution in [0.4, 0.5) is 0 Å². The smallest absolute Gasteiger partial charge is 0.0187 e. The van der Waals surface area contributed by atoms with Crippen LogP contribution < -0.4 is 0 Å². The summed E-state index contributed by atoms with van der Waals surface area (Å²) in [7, 11) is 0. The minimum Gasteiger partial charge on any atom is -0.154 e. The molecule has 0 saturated heterocycles. The van der Waals surface area contributed by atoms with Crippen molar-refractivity contribution in [2.75, 3.05) is 0 Å². The van der Waals surface area contributed by atoms with Gasteiger partial charge in [0.1, 0.15) is 0 Å². The van der Waals surface area contributed by atoms with Crippen molar-refractivity contribution in [1.29, 1.82) is 0 Å². The first-order chi connectivity index (χ1) is 5.95. The Labute approximate surface area is 78.4 Å². The number of hydrogen-bond donors (Lipinski definition) is 0. The Kier molecular flexibility index (Phi) is 2.72. The highest BCUT2D eigenvalue weighted by Crippen LogP contribution is 2.33. The first-order valence-electron chi connectivity index (χ1n) is 4.61. The van der Waals surface area contributed by atoms with Crippen LogP contribution in [0.5, 0.6) is 0 Å². The van der Waals surface area contributed by atoms with Crippen LogP contribution in [0.2, 0.25) is 0 Å². The Balaban J connectivity index is 1.79. The lowest BCUT2D eigenvalue weighted by Crippen LogP contribution is -2.13. The first-order valence-corrected chi connectivity index (χ1v) is 5.65. The summed E-state index contributed by atoms with van der Waals surface area (Å²) in [6.07, 6.45) is 4.33. The molecule has 1 aromatic carbocycles. The predicted octanol–water partition coefficient (Wildman–Crippen LogP) is 3.47. The average Bonchev–Trinajstić information content (AvgIpc) is 2.04. The van der Waals surface area contributed by atoms with Gasteiger partial charge in [-0.3, -0.25) is 0 Å². The van der Waals surface area contributed by atoms with Crippen LogP contribution in [0.15, 0.2) is 30.3 Å². The number of rotatable bonds is 3. The van der Waals surface area contributed by atoms with Crippen LogP contribution in [0.25, 0.3) is 0 Å². The fourth-order valence-corrected chi connectivity index (χ4v) is 2.61. The van der Waals surface area contributed by atoms with Gasteiger partial charge in [-0.05, 0) is 18.4 Å². The van der Waals surface area contributed by atoms with E-state index in [1.54, 1.807) is 0 Å². The highest BCUT2D eigenvalue weighted by molar-refractivity contribution is 7.99. The zero-order valence-electron chi connectivity index (χ0n) is 7.20. The van der Waals surface area contributed by atoms with E-state index in [1.165, 1.54) is 30.6 Å². The number of hydrogen-bond acceptors (Lipinski definition) is 1. The second-order valence-corrected chi connectivity index (χ2v) is 4.64. The molecule has 0 atom stereocenters. The number of thioether (sulfide) groups is 1. The molecule has 1 aromatic rings. The molecule has 0 spiro atoms. The summed E-state index contributed by atoms with van der Waals surface area (Å²) in [5.74, 6) is 1.20. The molecular weight excluding hydrogens is 164 g/mol. The highest BCUT2D eigenvalue weighted by Gasteiger charge is 2.16. The van der Waals surface area contributed by atoms with Crippen molar-refractivity contribution >= 4 is 11.8 Å². The van der Waals surface area contributed by atoms with Crippen molar-refractivity contribution < 1.29 is 0 Å². The lowest BCUT2D eigenvalue weighted by atomic mass is 10.0. The minimum absolute atomic E-state index is 0.963. The van der Waals surface area contributed by atoms with Gasteiger partial charge in [-0.2, -0.15) is 11.8 Å². The van der Waals surface area contributed by atoms with E-state index in [0.29, 0.717) is 0 Å². The second kappa shape index (κ2) is 3.99. The molecule has 1 aliphatic carbocycles. The third-order valence-electron chi connectivity index (χ3n) is 2.38. The Morgan fingerprint density at radius 1 is 1.17 bits per heavy atom. The molecule has 0 aliphatic heterocycles. The van der Waals surface area contributed by atoms with E-state index in [1.807, 2.05) is 0 Å². The van der Waals surface area contributed by atoms with Gasteiger partial charge in [-0.15, -0.1) is 0 Å². The second-order valence-electron chi connectivity index (χ2n) is 3.35. The maximum atomic E-state index is 2.21. The van der Waals surface area contributed by atoms with Crippen molar-refractivity contribution in [3.8, 4) is 0 Å². The molecule has 0 unspecified atom stereocenters. The maximum Gasteiger partial charge on any atom is 0.0187 e. The molecule has 1 heteroatoms. The van der Waals surface area contributed by atoms with Crippen LogP contribution in [-0.2, 0) is 5.75 Å². The summed E-state index contributed by atoms with van der Waals surface area (Å²) in [6.45, 7) is 0. The highest BCUT2D eigenvalue weighted by atomic mass is 32.2. The molecule has 0 amide bonds.